The summed E-state index contributed by atoms with van der Waals surface area (Å²) in [4.78, 5) is 10.5. The van der Waals surface area contributed by atoms with Crippen molar-refractivity contribution in [2.24, 2.45) is 0 Å². The number of carbonyl (C=O) groups is 1. The zero-order valence-electron chi connectivity index (χ0n) is 8.33. The minimum Gasteiger partial charge on any atom is -0.324 e. The van der Waals surface area contributed by atoms with Gasteiger partial charge in [-0.05, 0) is 12.1 Å². The Morgan fingerprint density at radius 1 is 1.50 bits per heavy atom. The predicted molar refractivity (Wildman–Crippen MR) is 58.9 cm³/mol. The van der Waals surface area contributed by atoms with E-state index in [9.17, 15) is 17.6 Å². The number of amides is 1. The number of halogens is 2. The second-order valence-electron chi connectivity index (χ2n) is 3.07. The van der Waals surface area contributed by atoms with Crippen molar-refractivity contribution in [1.29, 1.82) is 0 Å². The lowest BCUT2D eigenvalue weighted by Crippen LogP contribution is -2.16. The molecule has 0 aliphatic rings. The summed E-state index contributed by atoms with van der Waals surface area (Å²) >= 11 is 5.25. The Labute approximate surface area is 97.3 Å². The summed E-state index contributed by atoms with van der Waals surface area (Å²) in [6.45, 7) is 0. The molecule has 0 unspecified atom stereocenters. The van der Waals surface area contributed by atoms with E-state index in [2.05, 4.69) is 5.32 Å². The average Bonchev–Trinajstić information content (AvgIpc) is 2.15. The highest BCUT2D eigenvalue weighted by molar-refractivity contribution is 7.90. The lowest BCUT2D eigenvalue weighted by Gasteiger charge is -2.09. The predicted octanol–water partition coefficient (Wildman–Crippen LogP) is 1.41. The first-order valence-corrected chi connectivity index (χ1v) is 6.63. The number of sulfone groups is 1. The smallest absolute Gasteiger partial charge is 0.239 e. The summed E-state index contributed by atoms with van der Waals surface area (Å²) in [5.41, 5.74) is -0.104. The molecule has 0 atom stereocenters. The summed E-state index contributed by atoms with van der Waals surface area (Å²) < 4.78 is 36.0. The SMILES string of the molecule is CS(=O)(=O)c1c(F)cccc1NC(=O)CCl. The lowest BCUT2D eigenvalue weighted by molar-refractivity contribution is -0.113. The molecule has 1 rings (SSSR count). The normalized spacial score (nSPS) is 11.2. The van der Waals surface area contributed by atoms with E-state index in [-0.39, 0.29) is 11.6 Å². The molecule has 1 amide bonds. The molecule has 88 valence electrons. The molecule has 0 aliphatic heterocycles. The minimum atomic E-state index is -3.75. The maximum Gasteiger partial charge on any atom is 0.239 e. The molecular weight excluding hydrogens is 257 g/mol. The molecule has 0 saturated heterocycles. The fraction of sp³-hybridized carbons (Fsp3) is 0.222. The Bertz CT molecular complexity index is 515. The van der Waals surface area contributed by atoms with Gasteiger partial charge in [-0.2, -0.15) is 0 Å². The van der Waals surface area contributed by atoms with E-state index in [4.69, 9.17) is 11.6 Å². The number of carbonyl (C=O) groups excluding carboxylic acids is 1. The summed E-state index contributed by atoms with van der Waals surface area (Å²) in [5, 5.41) is 2.22. The van der Waals surface area contributed by atoms with Gasteiger partial charge in [-0.3, -0.25) is 4.79 Å². The van der Waals surface area contributed by atoms with Gasteiger partial charge in [-0.15, -0.1) is 11.6 Å². The number of hydrogen-bond acceptors (Lipinski definition) is 3. The Kier molecular flexibility index (Phi) is 3.88. The zero-order chi connectivity index (χ0) is 12.3. The van der Waals surface area contributed by atoms with E-state index in [0.29, 0.717) is 0 Å². The Morgan fingerprint density at radius 2 is 2.12 bits per heavy atom. The number of nitrogens with one attached hydrogen (secondary N) is 1. The zero-order valence-corrected chi connectivity index (χ0v) is 9.90. The quantitative estimate of drug-likeness (QED) is 0.841. The summed E-state index contributed by atoms with van der Waals surface area (Å²) in [7, 11) is -3.75. The van der Waals surface area contributed by atoms with Crippen LogP contribution in [0.25, 0.3) is 0 Å². The molecule has 4 nitrogen and oxygen atoms in total. The molecular formula is C9H9ClFNO3S. The van der Waals surface area contributed by atoms with Crippen molar-refractivity contribution in [3.63, 3.8) is 0 Å². The molecule has 0 saturated carbocycles. The molecule has 0 spiro atoms. The van der Waals surface area contributed by atoms with Crippen LogP contribution in [0, 0.1) is 5.82 Å². The maximum absolute atomic E-state index is 13.3. The van der Waals surface area contributed by atoms with Crippen LogP contribution in [-0.4, -0.2) is 26.5 Å². The van der Waals surface area contributed by atoms with Crippen LogP contribution in [0.1, 0.15) is 0 Å². The average molecular weight is 266 g/mol. The topological polar surface area (TPSA) is 63.2 Å². The summed E-state index contributed by atoms with van der Waals surface area (Å²) in [6, 6.07) is 3.60. The highest BCUT2D eigenvalue weighted by Crippen LogP contribution is 2.24. The third-order valence-corrected chi connectivity index (χ3v) is 3.13. The highest BCUT2D eigenvalue weighted by atomic mass is 35.5. The Balaban J connectivity index is 3.30. The van der Waals surface area contributed by atoms with Gasteiger partial charge in [0, 0.05) is 6.26 Å². The van der Waals surface area contributed by atoms with Crippen LogP contribution in [-0.2, 0) is 14.6 Å². The van der Waals surface area contributed by atoms with Crippen LogP contribution in [0.5, 0.6) is 0 Å². The fourth-order valence-corrected chi connectivity index (χ4v) is 2.18. The van der Waals surface area contributed by atoms with Crippen LogP contribution in [0.3, 0.4) is 0 Å². The largest absolute Gasteiger partial charge is 0.324 e. The number of rotatable bonds is 3. The van der Waals surface area contributed by atoms with Crippen LogP contribution >= 0.6 is 11.6 Å². The van der Waals surface area contributed by atoms with E-state index in [1.165, 1.54) is 12.1 Å². The first-order chi connectivity index (χ1) is 7.36. The van der Waals surface area contributed by atoms with Gasteiger partial charge in [0.1, 0.15) is 16.6 Å². The van der Waals surface area contributed by atoms with Gasteiger partial charge in [-0.1, -0.05) is 6.07 Å². The molecule has 0 fully saturated rings. The van der Waals surface area contributed by atoms with Crippen molar-refractivity contribution in [3.8, 4) is 0 Å². The number of alkyl halides is 1. The molecule has 0 aliphatic carbocycles. The molecule has 0 radical (unpaired) electrons. The maximum atomic E-state index is 13.3. The van der Waals surface area contributed by atoms with Crippen molar-refractivity contribution in [3.05, 3.63) is 24.0 Å². The molecule has 1 N–H and O–H groups in total. The van der Waals surface area contributed by atoms with Gasteiger partial charge in [0.05, 0.1) is 5.69 Å². The van der Waals surface area contributed by atoms with Crippen molar-refractivity contribution in [1.82, 2.24) is 0 Å². The Morgan fingerprint density at radius 3 is 2.62 bits per heavy atom. The van der Waals surface area contributed by atoms with Gasteiger partial charge in [0.2, 0.25) is 5.91 Å². The third-order valence-electron chi connectivity index (χ3n) is 1.73. The number of hydrogen-bond donors (Lipinski definition) is 1. The van der Waals surface area contributed by atoms with Crippen LogP contribution in [0.15, 0.2) is 23.1 Å². The first kappa shape index (κ1) is 12.9. The van der Waals surface area contributed by atoms with Crippen LogP contribution in [0.4, 0.5) is 10.1 Å². The molecule has 7 heteroatoms. The standard InChI is InChI=1S/C9H9ClFNO3S/c1-16(14,15)9-6(11)3-2-4-7(9)12-8(13)5-10/h2-4H,5H2,1H3,(H,12,13). The van der Waals surface area contributed by atoms with E-state index >= 15 is 0 Å². The van der Waals surface area contributed by atoms with Crippen LogP contribution < -0.4 is 5.32 Å². The van der Waals surface area contributed by atoms with E-state index in [1.54, 1.807) is 0 Å². The van der Waals surface area contributed by atoms with Crippen molar-refractivity contribution < 1.29 is 17.6 Å². The lowest BCUT2D eigenvalue weighted by atomic mass is 10.3. The van der Waals surface area contributed by atoms with Crippen molar-refractivity contribution in [2.45, 2.75) is 4.90 Å². The molecule has 0 bridgehead atoms. The van der Waals surface area contributed by atoms with Crippen molar-refractivity contribution in [2.75, 3.05) is 17.5 Å². The number of anilines is 1. The third kappa shape index (κ3) is 2.93. The monoisotopic (exact) mass is 265 g/mol. The molecule has 0 heterocycles. The Hall–Kier alpha value is -1.14. The van der Waals surface area contributed by atoms with Gasteiger partial charge < -0.3 is 5.32 Å². The minimum absolute atomic E-state index is 0.104. The van der Waals surface area contributed by atoms with E-state index in [0.717, 1.165) is 12.3 Å². The van der Waals surface area contributed by atoms with Gasteiger partial charge in [0.25, 0.3) is 0 Å². The number of benzene rings is 1. The molecule has 1 aromatic carbocycles. The molecule has 16 heavy (non-hydrogen) atoms. The summed E-state index contributed by atoms with van der Waals surface area (Å²) in [6.07, 6.45) is 0.863. The van der Waals surface area contributed by atoms with Gasteiger partial charge >= 0.3 is 0 Å². The van der Waals surface area contributed by atoms with E-state index in [1.807, 2.05) is 0 Å². The van der Waals surface area contributed by atoms with E-state index < -0.39 is 26.5 Å². The summed E-state index contributed by atoms with van der Waals surface area (Å²) in [5.74, 6) is -1.84. The second-order valence-corrected chi connectivity index (χ2v) is 5.29. The highest BCUT2D eigenvalue weighted by Gasteiger charge is 2.19. The van der Waals surface area contributed by atoms with Crippen molar-refractivity contribution >= 4 is 33.0 Å². The second kappa shape index (κ2) is 4.80. The van der Waals surface area contributed by atoms with Crippen LogP contribution in [0.2, 0.25) is 0 Å². The van der Waals surface area contributed by atoms with Gasteiger partial charge in [0.15, 0.2) is 9.84 Å². The fourth-order valence-electron chi connectivity index (χ4n) is 1.17. The molecule has 1 aromatic rings. The van der Waals surface area contributed by atoms with Gasteiger partial charge in [-0.25, -0.2) is 12.8 Å². The molecule has 0 aromatic heterocycles. The first-order valence-electron chi connectivity index (χ1n) is 4.20.